The highest BCUT2D eigenvalue weighted by Crippen LogP contribution is 2.25. The summed E-state index contributed by atoms with van der Waals surface area (Å²) in [4.78, 5) is 20.6. The number of rotatable bonds is 2. The van der Waals surface area contributed by atoms with E-state index in [1.165, 1.54) is 0 Å². The molecular weight excluding hydrogens is 276 g/mol. The number of nitrogens with one attached hydrogen (secondary N) is 1. The predicted molar refractivity (Wildman–Crippen MR) is 77.8 cm³/mol. The maximum Gasteiger partial charge on any atom is 0.268 e. The van der Waals surface area contributed by atoms with Gasteiger partial charge in [-0.2, -0.15) is 4.09 Å². The summed E-state index contributed by atoms with van der Waals surface area (Å²) in [6.45, 7) is 1.92. The first-order valence-corrected chi connectivity index (χ1v) is 7.01. The Kier molecular flexibility index (Phi) is 3.80. The van der Waals surface area contributed by atoms with Crippen molar-refractivity contribution in [1.82, 2.24) is 19.4 Å². The zero-order valence-electron chi connectivity index (χ0n) is 10.9. The van der Waals surface area contributed by atoms with Crippen LogP contribution >= 0.6 is 11.8 Å². The fourth-order valence-electron chi connectivity index (χ4n) is 2.49. The number of pyridine rings is 1. The number of aromatic nitrogens is 3. The minimum Gasteiger partial charge on any atom is -0.317 e. The van der Waals surface area contributed by atoms with E-state index in [4.69, 9.17) is 11.8 Å². The van der Waals surface area contributed by atoms with Crippen LogP contribution in [0.2, 0.25) is 0 Å². The van der Waals surface area contributed by atoms with Gasteiger partial charge in [-0.3, -0.25) is 9.78 Å². The van der Waals surface area contributed by atoms with E-state index < -0.39 is 0 Å². The number of nitrogens with zero attached hydrogens (tertiary/aromatic N) is 3. The molecular formula is C14H15ClN4O. The van der Waals surface area contributed by atoms with Crippen LogP contribution in [0.3, 0.4) is 0 Å². The summed E-state index contributed by atoms with van der Waals surface area (Å²) in [5.41, 5.74) is 1.39. The second-order valence-electron chi connectivity index (χ2n) is 4.88. The van der Waals surface area contributed by atoms with Gasteiger partial charge in [-0.15, -0.1) is 0 Å². The van der Waals surface area contributed by atoms with E-state index in [-0.39, 0.29) is 5.56 Å². The fraction of sp³-hybridized carbons (Fsp3) is 0.357. The Labute approximate surface area is 121 Å². The lowest BCUT2D eigenvalue weighted by Gasteiger charge is -2.22. The minimum absolute atomic E-state index is 0.234. The molecule has 0 aliphatic carbocycles. The first-order valence-electron chi connectivity index (χ1n) is 6.67. The van der Waals surface area contributed by atoms with E-state index >= 15 is 0 Å². The molecule has 2 aromatic rings. The average Bonchev–Trinajstić information content (AvgIpc) is 2.51. The van der Waals surface area contributed by atoms with Gasteiger partial charge in [-0.25, -0.2) is 4.98 Å². The summed E-state index contributed by atoms with van der Waals surface area (Å²) in [6, 6.07) is 5.15. The van der Waals surface area contributed by atoms with Crippen LogP contribution in [-0.4, -0.2) is 27.1 Å². The third kappa shape index (κ3) is 2.59. The van der Waals surface area contributed by atoms with E-state index in [2.05, 4.69) is 15.3 Å². The number of halogens is 1. The maximum absolute atomic E-state index is 12.0. The molecule has 1 saturated heterocycles. The van der Waals surface area contributed by atoms with Crippen molar-refractivity contribution in [3.63, 3.8) is 0 Å². The molecule has 0 amide bonds. The standard InChI is InChI=1S/C14H15ClN4O/c15-19-13(20)9-12(10-1-5-16-6-2-10)18-14(19)11-3-7-17-8-4-11/h3-4,7-10,16H,1-2,5-6H2. The van der Waals surface area contributed by atoms with Crippen molar-refractivity contribution >= 4 is 11.8 Å². The Hall–Kier alpha value is -1.72. The summed E-state index contributed by atoms with van der Waals surface area (Å²) in [5.74, 6) is 0.803. The van der Waals surface area contributed by atoms with Crippen molar-refractivity contribution in [3.8, 4) is 11.4 Å². The highest BCUT2D eigenvalue weighted by Gasteiger charge is 2.19. The van der Waals surface area contributed by atoms with Crippen LogP contribution in [0, 0.1) is 0 Å². The Balaban J connectivity index is 2.06. The molecule has 0 radical (unpaired) electrons. The topological polar surface area (TPSA) is 59.8 Å². The third-order valence-corrected chi connectivity index (χ3v) is 3.91. The second-order valence-corrected chi connectivity index (χ2v) is 5.22. The molecule has 0 spiro atoms. The highest BCUT2D eigenvalue weighted by molar-refractivity contribution is 6.16. The molecule has 6 heteroatoms. The second kappa shape index (κ2) is 5.73. The highest BCUT2D eigenvalue weighted by atomic mass is 35.5. The Morgan fingerprint density at radius 1 is 1.25 bits per heavy atom. The first kappa shape index (κ1) is 13.3. The molecule has 1 fully saturated rings. The van der Waals surface area contributed by atoms with Gasteiger partial charge in [0.1, 0.15) is 0 Å². The van der Waals surface area contributed by atoms with Crippen molar-refractivity contribution in [3.05, 3.63) is 46.6 Å². The van der Waals surface area contributed by atoms with Gasteiger partial charge in [-0.05, 0) is 38.1 Å². The van der Waals surface area contributed by atoms with Gasteiger partial charge in [0, 0.05) is 41.7 Å². The van der Waals surface area contributed by atoms with Crippen molar-refractivity contribution in [2.45, 2.75) is 18.8 Å². The zero-order valence-corrected chi connectivity index (χ0v) is 11.7. The van der Waals surface area contributed by atoms with Crippen molar-refractivity contribution < 1.29 is 0 Å². The summed E-state index contributed by atoms with van der Waals surface area (Å²) in [7, 11) is 0. The molecule has 0 atom stereocenters. The van der Waals surface area contributed by atoms with E-state index in [1.807, 2.05) is 0 Å². The molecule has 20 heavy (non-hydrogen) atoms. The molecule has 2 aromatic heterocycles. The Morgan fingerprint density at radius 3 is 2.65 bits per heavy atom. The molecule has 104 valence electrons. The van der Waals surface area contributed by atoms with Gasteiger partial charge in [-0.1, -0.05) is 0 Å². The van der Waals surface area contributed by atoms with Gasteiger partial charge in [0.25, 0.3) is 5.56 Å². The normalized spacial score (nSPS) is 16.2. The van der Waals surface area contributed by atoms with Crippen molar-refractivity contribution in [2.75, 3.05) is 13.1 Å². The van der Waals surface area contributed by atoms with E-state index in [0.29, 0.717) is 11.7 Å². The van der Waals surface area contributed by atoms with Crippen LogP contribution in [0.15, 0.2) is 35.4 Å². The van der Waals surface area contributed by atoms with Gasteiger partial charge >= 0.3 is 0 Å². The Morgan fingerprint density at radius 2 is 1.95 bits per heavy atom. The van der Waals surface area contributed by atoms with Crippen LogP contribution in [0.4, 0.5) is 0 Å². The average molecular weight is 291 g/mol. The number of hydrogen-bond donors (Lipinski definition) is 1. The smallest absolute Gasteiger partial charge is 0.268 e. The van der Waals surface area contributed by atoms with Gasteiger partial charge in [0.2, 0.25) is 0 Å². The van der Waals surface area contributed by atoms with Crippen LogP contribution in [0.1, 0.15) is 24.5 Å². The molecule has 1 aliphatic heterocycles. The lowest BCUT2D eigenvalue weighted by Crippen LogP contribution is -2.28. The molecule has 1 aliphatic rings. The zero-order chi connectivity index (χ0) is 13.9. The van der Waals surface area contributed by atoms with Gasteiger partial charge in [0.15, 0.2) is 5.82 Å². The lowest BCUT2D eigenvalue weighted by atomic mass is 9.94. The first-order chi connectivity index (χ1) is 9.75. The van der Waals surface area contributed by atoms with Crippen LogP contribution in [0.25, 0.3) is 11.4 Å². The summed E-state index contributed by atoms with van der Waals surface area (Å²) in [6.07, 6.45) is 5.31. The van der Waals surface area contributed by atoms with Gasteiger partial charge in [0.05, 0.1) is 5.69 Å². The monoisotopic (exact) mass is 290 g/mol. The summed E-state index contributed by atoms with van der Waals surface area (Å²) < 4.78 is 1.07. The quantitative estimate of drug-likeness (QED) is 0.916. The van der Waals surface area contributed by atoms with Crippen LogP contribution in [-0.2, 0) is 0 Å². The van der Waals surface area contributed by atoms with E-state index in [9.17, 15) is 4.79 Å². The summed E-state index contributed by atoms with van der Waals surface area (Å²) in [5, 5.41) is 3.31. The molecule has 0 bridgehead atoms. The van der Waals surface area contributed by atoms with Crippen LogP contribution < -0.4 is 10.9 Å². The predicted octanol–water partition coefficient (Wildman–Crippen LogP) is 1.77. The third-order valence-electron chi connectivity index (χ3n) is 3.58. The molecule has 3 rings (SSSR count). The molecule has 5 nitrogen and oxygen atoms in total. The Bertz CT molecular complexity index is 650. The SMILES string of the molecule is O=c1cc(C2CCNCC2)nc(-c2ccncc2)n1Cl. The molecule has 0 saturated carbocycles. The van der Waals surface area contributed by atoms with Crippen LogP contribution in [0.5, 0.6) is 0 Å². The van der Waals surface area contributed by atoms with Crippen molar-refractivity contribution in [2.24, 2.45) is 0 Å². The number of hydrogen-bond acceptors (Lipinski definition) is 4. The van der Waals surface area contributed by atoms with E-state index in [0.717, 1.165) is 41.3 Å². The molecule has 0 unspecified atom stereocenters. The minimum atomic E-state index is -0.234. The fourth-order valence-corrected chi connectivity index (χ4v) is 2.68. The molecule has 3 heterocycles. The molecule has 0 aromatic carbocycles. The molecule has 1 N–H and O–H groups in total. The number of piperidine rings is 1. The lowest BCUT2D eigenvalue weighted by molar-refractivity contribution is 0.452. The van der Waals surface area contributed by atoms with Gasteiger partial charge < -0.3 is 5.32 Å². The van der Waals surface area contributed by atoms with Crippen molar-refractivity contribution in [1.29, 1.82) is 0 Å². The summed E-state index contributed by atoms with van der Waals surface area (Å²) >= 11 is 6.05. The largest absolute Gasteiger partial charge is 0.317 e. The van der Waals surface area contributed by atoms with E-state index in [1.54, 1.807) is 30.6 Å². The maximum atomic E-state index is 12.0.